The van der Waals surface area contributed by atoms with Crippen LogP contribution in [-0.4, -0.2) is 13.7 Å². The summed E-state index contributed by atoms with van der Waals surface area (Å²) in [6.07, 6.45) is 0. The molecule has 30 rings (SSSR count). The van der Waals surface area contributed by atoms with Crippen LogP contribution in [0.1, 0.15) is 0 Å². The molecule has 0 unspecified atom stereocenters. The lowest BCUT2D eigenvalue weighted by atomic mass is 9.95. The molecule has 137 heavy (non-hydrogen) atoms. The van der Waals surface area contributed by atoms with Gasteiger partial charge in [-0.15, -0.1) is 0 Å². The SMILES string of the molecule is c1ccc(-c2cccc3c2oc2cccc(-c4ccc(-c5cccc6c5oc5c7ccccc7n(-c7ccccc7)c65)cc4)c23)cc1.c1ccc(-n2c3ccccc3c3oc4c(-c5ccc(-c6ccc7c(c6)oc6cc8ccccc8cc67)cc5)cccc4c32)cc1.c1ccc(-n2c3ccccc3c3oc4c(-c5ccc(-c6ccc7c(c6)oc6ccc8ccccc8c67)cc5)cccc4c32)cc1. The maximum atomic E-state index is 6.78. The van der Waals surface area contributed by atoms with Gasteiger partial charge in [-0.1, -0.05) is 328 Å². The fraction of sp³-hybridized carbons (Fsp3) is 0. The number of benzene rings is 21. The number of nitrogens with zero attached hydrogens (tertiary/aromatic N) is 3. The number of rotatable bonds is 10. The third-order valence-electron chi connectivity index (χ3n) is 27.8. The third-order valence-corrected chi connectivity index (χ3v) is 27.8. The summed E-state index contributed by atoms with van der Waals surface area (Å²) < 4.78 is 46.4. The van der Waals surface area contributed by atoms with Crippen molar-refractivity contribution in [3.05, 3.63) is 467 Å². The summed E-state index contributed by atoms with van der Waals surface area (Å²) in [5.74, 6) is 0. The molecule has 9 nitrogen and oxygen atoms in total. The molecular formula is C128H77N3O6. The molecule has 0 saturated carbocycles. The molecule has 0 bridgehead atoms. The van der Waals surface area contributed by atoms with E-state index in [1.807, 2.05) is 6.07 Å². The highest BCUT2D eigenvalue weighted by atomic mass is 16.4. The van der Waals surface area contributed by atoms with Crippen molar-refractivity contribution in [2.45, 2.75) is 0 Å². The smallest absolute Gasteiger partial charge is 0.161 e. The maximum Gasteiger partial charge on any atom is 0.161 e. The summed E-state index contributed by atoms with van der Waals surface area (Å²) >= 11 is 0. The highest BCUT2D eigenvalue weighted by molar-refractivity contribution is 6.24. The van der Waals surface area contributed by atoms with Gasteiger partial charge in [-0.2, -0.15) is 0 Å². The summed E-state index contributed by atoms with van der Waals surface area (Å²) in [6, 6.07) is 165. The Labute approximate surface area is 783 Å². The molecule has 640 valence electrons. The zero-order valence-electron chi connectivity index (χ0n) is 73.7. The second-order valence-electron chi connectivity index (χ2n) is 35.5. The molecule has 9 heterocycles. The number of fused-ring (bicyclic) bond motifs is 27. The molecule has 9 aromatic heterocycles. The number of para-hydroxylation sites is 10. The molecule has 0 fully saturated rings. The van der Waals surface area contributed by atoms with Gasteiger partial charge in [-0.25, -0.2) is 0 Å². The van der Waals surface area contributed by atoms with Crippen molar-refractivity contribution in [3.63, 3.8) is 0 Å². The number of aromatic nitrogens is 3. The van der Waals surface area contributed by atoms with Crippen LogP contribution >= 0.6 is 0 Å². The van der Waals surface area contributed by atoms with Gasteiger partial charge in [0.15, 0.2) is 16.7 Å². The number of furan rings is 6. The molecule has 0 amide bonds. The van der Waals surface area contributed by atoms with Gasteiger partial charge in [0, 0.05) is 104 Å². The molecule has 0 aliphatic rings. The molecule has 21 aromatic carbocycles. The zero-order chi connectivity index (χ0) is 89.9. The molecule has 0 aliphatic carbocycles. The van der Waals surface area contributed by atoms with Crippen molar-refractivity contribution in [2.75, 3.05) is 0 Å². The molecule has 0 atom stereocenters. The quantitative estimate of drug-likeness (QED) is 0.135. The summed E-state index contributed by atoms with van der Waals surface area (Å²) in [6.45, 7) is 0. The Kier molecular flexibility index (Phi) is 17.6. The predicted molar refractivity (Wildman–Crippen MR) is 567 cm³/mol. The lowest BCUT2D eigenvalue weighted by Crippen LogP contribution is -1.92. The highest BCUT2D eigenvalue weighted by Crippen LogP contribution is 2.50. The number of hydrogen-bond acceptors (Lipinski definition) is 6. The van der Waals surface area contributed by atoms with Crippen molar-refractivity contribution in [2.24, 2.45) is 0 Å². The van der Waals surface area contributed by atoms with Crippen LogP contribution in [0.25, 0.3) is 281 Å². The fourth-order valence-corrected chi connectivity index (χ4v) is 21.5. The lowest BCUT2D eigenvalue weighted by Gasteiger charge is -2.09. The molecule has 9 heteroatoms. The third kappa shape index (κ3) is 12.4. The Hall–Kier alpha value is -18.4. The lowest BCUT2D eigenvalue weighted by molar-refractivity contribution is 0.669. The van der Waals surface area contributed by atoms with Gasteiger partial charge in [-0.05, 0) is 217 Å². The van der Waals surface area contributed by atoms with Crippen LogP contribution in [0.5, 0.6) is 0 Å². The van der Waals surface area contributed by atoms with Crippen LogP contribution in [0, 0.1) is 0 Å². The van der Waals surface area contributed by atoms with E-state index in [0.717, 1.165) is 254 Å². The first-order valence-electron chi connectivity index (χ1n) is 46.5. The maximum absolute atomic E-state index is 6.78. The monoisotopic (exact) mass is 1750 g/mol. The van der Waals surface area contributed by atoms with Crippen molar-refractivity contribution < 1.29 is 26.5 Å². The van der Waals surface area contributed by atoms with Gasteiger partial charge in [0.1, 0.15) is 66.8 Å². The van der Waals surface area contributed by atoms with E-state index in [1.165, 1.54) is 26.9 Å². The van der Waals surface area contributed by atoms with Crippen molar-refractivity contribution in [1.82, 2.24) is 13.7 Å². The van der Waals surface area contributed by atoms with Crippen molar-refractivity contribution in [1.29, 1.82) is 0 Å². The van der Waals surface area contributed by atoms with Crippen LogP contribution in [0.3, 0.4) is 0 Å². The van der Waals surface area contributed by atoms with Gasteiger partial charge >= 0.3 is 0 Å². The minimum absolute atomic E-state index is 0.892. The zero-order valence-corrected chi connectivity index (χ0v) is 73.7. The van der Waals surface area contributed by atoms with Crippen molar-refractivity contribution in [3.8, 4) is 95.0 Å². The van der Waals surface area contributed by atoms with Gasteiger partial charge < -0.3 is 40.2 Å². The minimum Gasteiger partial charge on any atom is -0.456 e. The normalized spacial score (nSPS) is 11.9. The van der Waals surface area contributed by atoms with E-state index in [2.05, 4.69) is 475 Å². The van der Waals surface area contributed by atoms with E-state index in [-0.39, 0.29) is 0 Å². The van der Waals surface area contributed by atoms with E-state index in [9.17, 15) is 0 Å². The molecule has 0 radical (unpaired) electrons. The molecule has 30 aromatic rings. The van der Waals surface area contributed by atoms with Crippen LogP contribution in [0.15, 0.2) is 494 Å². The summed E-state index contributed by atoms with van der Waals surface area (Å²) in [4.78, 5) is 0. The number of hydrogen-bond donors (Lipinski definition) is 0. The first-order valence-corrected chi connectivity index (χ1v) is 46.5. The minimum atomic E-state index is 0.892. The van der Waals surface area contributed by atoms with Crippen LogP contribution in [-0.2, 0) is 0 Å². The predicted octanol–water partition coefficient (Wildman–Crippen LogP) is 36.3. The summed E-state index contributed by atoms with van der Waals surface area (Å²) in [5, 5.41) is 18.4. The van der Waals surface area contributed by atoms with E-state index in [4.69, 9.17) is 26.5 Å². The Morgan fingerprint density at radius 2 is 0.460 bits per heavy atom. The van der Waals surface area contributed by atoms with Crippen molar-refractivity contribution >= 4 is 186 Å². The molecule has 0 aliphatic heterocycles. The molecule has 0 spiro atoms. The molecular weight excluding hydrogens is 1680 g/mol. The summed E-state index contributed by atoms with van der Waals surface area (Å²) in [7, 11) is 0. The first-order chi connectivity index (χ1) is 67.9. The standard InChI is InChI=1S/C44H27NO2.2C42H25NO2/c1-3-12-28(13-4-1)33-18-9-20-36-40-32(17-11-23-39(40)46-42(33)36)29-24-26-30(27-25-29)34-19-10-21-37-41-44(47-43(34)37)35-16-7-8-22-38(35)45(41)31-14-5-2-6-15-31;1-2-11-31(12-3-1)43-37-16-7-6-13-34(37)42-40(43)35-15-8-14-32(41(35)45-42)27-19-17-26(18-20-27)30-21-22-33-36-23-28-9-4-5-10-29(28)24-39(36)44-38(33)25-30;1-2-10-30(11-3-1)43-36-16-7-6-13-33(36)42-40(43)35-15-8-14-32(41(35)45-42)28-19-17-26(18-20-28)29-21-23-34-38(25-29)44-37-24-22-27-9-4-5-12-31(27)39(34)37/h1-27H;2*1-25H. The Morgan fingerprint density at radius 3 is 0.934 bits per heavy atom. The van der Waals surface area contributed by atoms with E-state index in [1.54, 1.807) is 0 Å². The second kappa shape index (κ2) is 31.1. The van der Waals surface area contributed by atoms with Crippen LogP contribution in [0.4, 0.5) is 0 Å². The Bertz CT molecular complexity index is 10100. The second-order valence-corrected chi connectivity index (χ2v) is 35.5. The van der Waals surface area contributed by atoms with Gasteiger partial charge in [0.05, 0.1) is 16.6 Å². The van der Waals surface area contributed by atoms with Crippen LogP contribution < -0.4 is 0 Å². The largest absolute Gasteiger partial charge is 0.456 e. The Morgan fingerprint density at radius 1 is 0.139 bits per heavy atom. The molecule has 0 saturated heterocycles. The highest BCUT2D eigenvalue weighted by Gasteiger charge is 2.27. The Balaban J connectivity index is 0.000000102. The topological polar surface area (TPSA) is 93.6 Å². The van der Waals surface area contributed by atoms with Gasteiger partial charge in [-0.3, -0.25) is 0 Å². The first kappa shape index (κ1) is 77.3. The van der Waals surface area contributed by atoms with Gasteiger partial charge in [0.25, 0.3) is 0 Å². The van der Waals surface area contributed by atoms with Crippen LogP contribution in [0.2, 0.25) is 0 Å². The van der Waals surface area contributed by atoms with E-state index in [0.29, 0.717) is 0 Å². The average Bonchev–Trinajstić information content (AvgIpc) is 1.56. The molecule has 0 N–H and O–H groups in total. The van der Waals surface area contributed by atoms with E-state index >= 15 is 0 Å². The van der Waals surface area contributed by atoms with E-state index < -0.39 is 0 Å². The average molecular weight is 1750 g/mol. The summed E-state index contributed by atoms with van der Waals surface area (Å²) in [5.41, 5.74) is 36.7. The van der Waals surface area contributed by atoms with Gasteiger partial charge in [0.2, 0.25) is 0 Å². The fourth-order valence-electron chi connectivity index (χ4n) is 21.5.